The highest BCUT2D eigenvalue weighted by Gasteiger charge is 2.13. The van der Waals surface area contributed by atoms with Crippen molar-refractivity contribution in [3.63, 3.8) is 0 Å². The summed E-state index contributed by atoms with van der Waals surface area (Å²) >= 11 is 0. The molecule has 0 saturated carbocycles. The number of nitrogens with one attached hydrogen (secondary N) is 1. The number of halogens is 1. The molecule has 0 atom stereocenters. The maximum atomic E-state index is 14.0. The van der Waals surface area contributed by atoms with E-state index in [1.165, 1.54) is 28.8 Å². The lowest BCUT2D eigenvalue weighted by atomic mass is 10.1. The van der Waals surface area contributed by atoms with Crippen LogP contribution in [-0.4, -0.2) is 34.8 Å². The normalized spacial score (nSPS) is 10.6. The molecule has 0 aromatic heterocycles. The average molecular weight is 329 g/mol. The number of nitrogens with zero attached hydrogens (tertiary/aromatic N) is 2. The topological polar surface area (TPSA) is 82.0 Å². The van der Waals surface area contributed by atoms with Gasteiger partial charge in [0.1, 0.15) is 5.82 Å². The monoisotopic (exact) mass is 329 g/mol. The summed E-state index contributed by atoms with van der Waals surface area (Å²) in [5.41, 5.74) is 1.99. The molecular weight excluding hydrogens is 313 g/mol. The first kappa shape index (κ1) is 17.3. The van der Waals surface area contributed by atoms with E-state index in [2.05, 4.69) is 5.10 Å². The average Bonchev–Trinajstić information content (AvgIpc) is 2.63. The SMILES string of the molecule is CCN(/N=C/c1ccc(C(=O)NO)cc1F)C(=O)c1ccccc1. The lowest BCUT2D eigenvalue weighted by Gasteiger charge is -2.14. The molecule has 24 heavy (non-hydrogen) atoms. The van der Waals surface area contributed by atoms with Crippen molar-refractivity contribution in [3.05, 3.63) is 71.0 Å². The van der Waals surface area contributed by atoms with Gasteiger partial charge in [-0.3, -0.25) is 14.8 Å². The van der Waals surface area contributed by atoms with E-state index < -0.39 is 11.7 Å². The lowest BCUT2D eigenvalue weighted by molar-refractivity contribution is 0.0705. The zero-order valence-corrected chi connectivity index (χ0v) is 12.9. The molecule has 0 aliphatic carbocycles. The molecule has 2 N–H and O–H groups in total. The molecule has 0 heterocycles. The fourth-order valence-corrected chi connectivity index (χ4v) is 1.98. The molecule has 0 aliphatic heterocycles. The first-order chi connectivity index (χ1) is 11.6. The molecule has 7 heteroatoms. The van der Waals surface area contributed by atoms with Gasteiger partial charge < -0.3 is 0 Å². The molecule has 0 radical (unpaired) electrons. The van der Waals surface area contributed by atoms with Crippen molar-refractivity contribution in [2.45, 2.75) is 6.92 Å². The predicted octanol–water partition coefficient (Wildman–Crippen LogP) is 2.44. The Kier molecular flexibility index (Phi) is 5.75. The molecule has 0 saturated heterocycles. The highest BCUT2D eigenvalue weighted by molar-refractivity contribution is 5.96. The Labute approximate surface area is 138 Å². The van der Waals surface area contributed by atoms with E-state index in [9.17, 15) is 14.0 Å². The maximum absolute atomic E-state index is 14.0. The van der Waals surface area contributed by atoms with Crippen LogP contribution in [0.4, 0.5) is 4.39 Å². The third-order valence-electron chi connectivity index (χ3n) is 3.26. The van der Waals surface area contributed by atoms with Gasteiger partial charge in [0, 0.05) is 23.2 Å². The zero-order chi connectivity index (χ0) is 17.5. The molecule has 0 bridgehead atoms. The van der Waals surface area contributed by atoms with Gasteiger partial charge in [-0.15, -0.1) is 0 Å². The summed E-state index contributed by atoms with van der Waals surface area (Å²) < 4.78 is 14.0. The summed E-state index contributed by atoms with van der Waals surface area (Å²) in [6.07, 6.45) is 1.21. The van der Waals surface area contributed by atoms with Gasteiger partial charge in [0.15, 0.2) is 0 Å². The Morgan fingerprint density at radius 3 is 2.50 bits per heavy atom. The molecule has 124 valence electrons. The number of hydrogen-bond acceptors (Lipinski definition) is 4. The van der Waals surface area contributed by atoms with Gasteiger partial charge in [-0.2, -0.15) is 5.10 Å². The number of rotatable bonds is 5. The molecule has 2 amide bonds. The minimum Gasteiger partial charge on any atom is -0.288 e. The van der Waals surface area contributed by atoms with Gasteiger partial charge >= 0.3 is 0 Å². The Morgan fingerprint density at radius 2 is 1.92 bits per heavy atom. The van der Waals surface area contributed by atoms with E-state index in [0.717, 1.165) is 6.07 Å². The van der Waals surface area contributed by atoms with Crippen molar-refractivity contribution < 1.29 is 19.2 Å². The van der Waals surface area contributed by atoms with E-state index in [1.54, 1.807) is 37.3 Å². The van der Waals surface area contributed by atoms with Crippen LogP contribution in [0.5, 0.6) is 0 Å². The summed E-state index contributed by atoms with van der Waals surface area (Å²) in [7, 11) is 0. The zero-order valence-electron chi connectivity index (χ0n) is 12.9. The summed E-state index contributed by atoms with van der Waals surface area (Å²) in [6, 6.07) is 12.3. The van der Waals surface area contributed by atoms with Crippen molar-refractivity contribution >= 4 is 18.0 Å². The molecule has 0 spiro atoms. The second-order valence-corrected chi connectivity index (χ2v) is 4.81. The Morgan fingerprint density at radius 1 is 1.21 bits per heavy atom. The fourth-order valence-electron chi connectivity index (χ4n) is 1.98. The molecule has 0 fully saturated rings. The van der Waals surface area contributed by atoms with Crippen LogP contribution in [0.1, 0.15) is 33.2 Å². The summed E-state index contributed by atoms with van der Waals surface area (Å²) in [5, 5.41) is 13.8. The molecule has 2 aromatic rings. The van der Waals surface area contributed by atoms with Crippen molar-refractivity contribution in [1.82, 2.24) is 10.5 Å². The van der Waals surface area contributed by atoms with Gasteiger partial charge in [0.05, 0.1) is 6.21 Å². The van der Waals surface area contributed by atoms with E-state index >= 15 is 0 Å². The summed E-state index contributed by atoms with van der Waals surface area (Å²) in [6.45, 7) is 2.07. The van der Waals surface area contributed by atoms with Crippen LogP contribution in [0.2, 0.25) is 0 Å². The molecule has 2 rings (SSSR count). The van der Waals surface area contributed by atoms with Crippen LogP contribution < -0.4 is 5.48 Å². The summed E-state index contributed by atoms with van der Waals surface area (Å²) in [4.78, 5) is 23.5. The number of hydrazone groups is 1. The predicted molar refractivity (Wildman–Crippen MR) is 86.4 cm³/mol. The van der Waals surface area contributed by atoms with Gasteiger partial charge in [-0.1, -0.05) is 18.2 Å². The molecule has 0 aliphatic rings. The quantitative estimate of drug-likeness (QED) is 0.502. The van der Waals surface area contributed by atoms with Crippen LogP contribution in [-0.2, 0) is 0 Å². The number of amides is 2. The van der Waals surface area contributed by atoms with Crippen molar-refractivity contribution in [3.8, 4) is 0 Å². The van der Waals surface area contributed by atoms with Gasteiger partial charge in [0.2, 0.25) is 0 Å². The Balaban J connectivity index is 2.19. The van der Waals surface area contributed by atoms with Crippen molar-refractivity contribution in [1.29, 1.82) is 0 Å². The van der Waals surface area contributed by atoms with E-state index in [1.807, 2.05) is 0 Å². The van der Waals surface area contributed by atoms with Crippen molar-refractivity contribution in [2.24, 2.45) is 5.10 Å². The van der Waals surface area contributed by atoms with Crippen LogP contribution in [0.15, 0.2) is 53.6 Å². The minimum atomic E-state index is -0.813. The second kappa shape index (κ2) is 7.98. The van der Waals surface area contributed by atoms with E-state index in [-0.39, 0.29) is 17.0 Å². The molecule has 0 unspecified atom stereocenters. The lowest BCUT2D eigenvalue weighted by Crippen LogP contribution is -2.25. The highest BCUT2D eigenvalue weighted by Crippen LogP contribution is 2.10. The summed E-state index contributed by atoms with van der Waals surface area (Å²) in [5.74, 6) is -1.80. The number of carbonyl (C=O) groups is 2. The van der Waals surface area contributed by atoms with Crippen molar-refractivity contribution in [2.75, 3.05) is 6.54 Å². The standard InChI is InChI=1S/C17H16FN3O3/c1-2-21(17(23)12-6-4-3-5-7-12)19-11-14-9-8-13(10-15(14)18)16(22)20-24/h3-11,24H,2H2,1H3,(H,20,22)/b19-11+. The van der Waals surface area contributed by atoms with Crippen LogP contribution >= 0.6 is 0 Å². The van der Waals surface area contributed by atoms with E-state index in [4.69, 9.17) is 5.21 Å². The molecule has 6 nitrogen and oxygen atoms in total. The van der Waals surface area contributed by atoms with Gasteiger partial charge in [-0.25, -0.2) is 14.9 Å². The maximum Gasteiger partial charge on any atom is 0.274 e. The molecule has 2 aromatic carbocycles. The van der Waals surface area contributed by atoms with Crippen LogP contribution in [0, 0.1) is 5.82 Å². The van der Waals surface area contributed by atoms with E-state index in [0.29, 0.717) is 12.1 Å². The number of benzene rings is 2. The Hall–Kier alpha value is -3.06. The van der Waals surface area contributed by atoms with Gasteiger partial charge in [-0.05, 0) is 37.3 Å². The van der Waals surface area contributed by atoms with Crippen LogP contribution in [0.25, 0.3) is 0 Å². The number of hydrogen-bond donors (Lipinski definition) is 2. The molecular formula is C17H16FN3O3. The highest BCUT2D eigenvalue weighted by atomic mass is 19.1. The first-order valence-electron chi connectivity index (χ1n) is 7.21. The van der Waals surface area contributed by atoms with Crippen LogP contribution in [0.3, 0.4) is 0 Å². The minimum absolute atomic E-state index is 0.0279. The Bertz CT molecular complexity index is 763. The largest absolute Gasteiger partial charge is 0.288 e. The first-order valence-corrected chi connectivity index (χ1v) is 7.21. The fraction of sp³-hybridized carbons (Fsp3) is 0.118. The third kappa shape index (κ3) is 4.02. The number of carbonyl (C=O) groups excluding carboxylic acids is 2. The smallest absolute Gasteiger partial charge is 0.274 e. The third-order valence-corrected chi connectivity index (χ3v) is 3.26. The van der Waals surface area contributed by atoms with Gasteiger partial charge in [0.25, 0.3) is 11.8 Å². The number of hydroxylamine groups is 1. The second-order valence-electron chi connectivity index (χ2n) is 4.81.